The molecule has 3 heterocycles. The largest absolute Gasteiger partial charge is 0.371 e. The van der Waals surface area contributed by atoms with Gasteiger partial charge in [0.15, 0.2) is 10.8 Å². The second kappa shape index (κ2) is 5.43. The fraction of sp³-hybridized carbons (Fsp3) is 0.167. The number of pyridine rings is 1. The van der Waals surface area contributed by atoms with Crippen molar-refractivity contribution in [1.82, 2.24) is 19.1 Å². The van der Waals surface area contributed by atoms with Crippen LogP contribution in [0.1, 0.15) is 5.01 Å². The summed E-state index contributed by atoms with van der Waals surface area (Å²) >= 11 is 1.40. The molecule has 0 aliphatic heterocycles. The third-order valence-electron chi connectivity index (χ3n) is 2.87. The number of anilines is 1. The number of thiazole rings is 1. The standard InChI is InChI=1S/C12H13N5O2S2/c1-13-11-12(17-6-3-2-4-9(17)16-11)21(18,19)15-8-10-14-5-7-20-10/h2-7,13,15H,8H2,1H3. The van der Waals surface area contributed by atoms with E-state index >= 15 is 0 Å². The van der Waals surface area contributed by atoms with Gasteiger partial charge in [0, 0.05) is 24.8 Å². The van der Waals surface area contributed by atoms with E-state index in [0.29, 0.717) is 16.5 Å². The topological polar surface area (TPSA) is 88.4 Å². The van der Waals surface area contributed by atoms with Gasteiger partial charge in [0.1, 0.15) is 10.7 Å². The van der Waals surface area contributed by atoms with Crippen LogP contribution in [0.4, 0.5) is 5.82 Å². The quantitative estimate of drug-likeness (QED) is 0.739. The second-order valence-corrected chi connectivity index (χ2v) is 6.86. The number of sulfonamides is 1. The van der Waals surface area contributed by atoms with Gasteiger partial charge in [-0.25, -0.2) is 23.1 Å². The molecule has 0 fully saturated rings. The van der Waals surface area contributed by atoms with Crippen molar-refractivity contribution in [2.45, 2.75) is 11.6 Å². The number of aromatic nitrogens is 3. The van der Waals surface area contributed by atoms with Gasteiger partial charge in [0.25, 0.3) is 10.0 Å². The first-order valence-electron chi connectivity index (χ1n) is 6.14. The van der Waals surface area contributed by atoms with Crippen molar-refractivity contribution < 1.29 is 8.42 Å². The highest BCUT2D eigenvalue weighted by atomic mass is 32.2. The lowest BCUT2D eigenvalue weighted by Crippen LogP contribution is -2.25. The highest BCUT2D eigenvalue weighted by molar-refractivity contribution is 7.89. The van der Waals surface area contributed by atoms with Gasteiger partial charge in [0.05, 0.1) is 6.54 Å². The van der Waals surface area contributed by atoms with E-state index in [0.717, 1.165) is 0 Å². The molecule has 0 aliphatic rings. The second-order valence-electron chi connectivity index (χ2n) is 4.19. The maximum Gasteiger partial charge on any atom is 0.260 e. The van der Waals surface area contributed by atoms with Crippen LogP contribution >= 0.6 is 11.3 Å². The zero-order valence-corrected chi connectivity index (χ0v) is 12.8. The molecule has 0 atom stereocenters. The Kier molecular flexibility index (Phi) is 3.62. The zero-order valence-electron chi connectivity index (χ0n) is 11.1. The molecule has 0 bridgehead atoms. The van der Waals surface area contributed by atoms with Gasteiger partial charge < -0.3 is 5.32 Å². The third kappa shape index (κ3) is 2.62. The Balaban J connectivity index is 2.01. The minimum absolute atomic E-state index is 0.0946. The number of hydrogen-bond donors (Lipinski definition) is 2. The van der Waals surface area contributed by atoms with Crippen LogP contribution in [0.5, 0.6) is 0 Å². The van der Waals surface area contributed by atoms with E-state index in [2.05, 4.69) is 20.0 Å². The zero-order chi connectivity index (χ0) is 14.9. The number of fused-ring (bicyclic) bond motifs is 1. The minimum atomic E-state index is -3.71. The van der Waals surface area contributed by atoms with E-state index in [4.69, 9.17) is 0 Å². The molecule has 0 saturated carbocycles. The average Bonchev–Trinajstić information content (AvgIpc) is 3.12. The van der Waals surface area contributed by atoms with Gasteiger partial charge in [-0.1, -0.05) is 6.07 Å². The number of hydrogen-bond acceptors (Lipinski definition) is 6. The molecule has 2 N–H and O–H groups in total. The molecule has 3 rings (SSSR count). The summed E-state index contributed by atoms with van der Waals surface area (Å²) < 4.78 is 29.2. The fourth-order valence-electron chi connectivity index (χ4n) is 1.96. The van der Waals surface area contributed by atoms with Gasteiger partial charge in [-0.05, 0) is 12.1 Å². The average molecular weight is 323 g/mol. The molecule has 9 heteroatoms. The fourth-order valence-corrected chi connectivity index (χ4v) is 3.88. The Morgan fingerprint density at radius 1 is 1.38 bits per heavy atom. The van der Waals surface area contributed by atoms with E-state index in [1.54, 1.807) is 43.0 Å². The van der Waals surface area contributed by atoms with Crippen LogP contribution in [0.2, 0.25) is 0 Å². The van der Waals surface area contributed by atoms with Crippen LogP contribution in [0.15, 0.2) is 41.0 Å². The smallest absolute Gasteiger partial charge is 0.260 e. The Morgan fingerprint density at radius 2 is 2.24 bits per heavy atom. The summed E-state index contributed by atoms with van der Waals surface area (Å²) in [6.45, 7) is 0.156. The SMILES string of the molecule is CNc1nc2ccccn2c1S(=O)(=O)NCc1nccs1. The summed E-state index contributed by atoms with van der Waals surface area (Å²) in [6, 6.07) is 5.32. The molecule has 0 saturated heterocycles. The first kappa shape index (κ1) is 14.0. The van der Waals surface area contributed by atoms with Crippen molar-refractivity contribution in [3.63, 3.8) is 0 Å². The molecule has 3 aromatic heterocycles. The van der Waals surface area contributed by atoms with Crippen LogP contribution in [-0.4, -0.2) is 29.8 Å². The van der Waals surface area contributed by atoms with E-state index in [-0.39, 0.29) is 11.6 Å². The highest BCUT2D eigenvalue weighted by Gasteiger charge is 2.24. The molecule has 110 valence electrons. The first-order chi connectivity index (χ1) is 10.1. The Bertz CT molecular complexity index is 855. The van der Waals surface area contributed by atoms with Crippen molar-refractivity contribution >= 4 is 32.8 Å². The van der Waals surface area contributed by atoms with Crippen molar-refractivity contribution in [1.29, 1.82) is 0 Å². The van der Waals surface area contributed by atoms with Gasteiger partial charge in [-0.3, -0.25) is 4.40 Å². The molecule has 0 unspecified atom stereocenters. The van der Waals surface area contributed by atoms with Gasteiger partial charge in [-0.15, -0.1) is 11.3 Å². The molecular formula is C12H13N5O2S2. The normalized spacial score (nSPS) is 11.9. The Morgan fingerprint density at radius 3 is 2.95 bits per heavy atom. The lowest BCUT2D eigenvalue weighted by molar-refractivity contribution is 0.576. The summed E-state index contributed by atoms with van der Waals surface area (Å²) in [7, 11) is -2.07. The van der Waals surface area contributed by atoms with Crippen molar-refractivity contribution in [3.8, 4) is 0 Å². The van der Waals surface area contributed by atoms with E-state index < -0.39 is 10.0 Å². The highest BCUT2D eigenvalue weighted by Crippen LogP contribution is 2.22. The molecule has 7 nitrogen and oxygen atoms in total. The summed E-state index contributed by atoms with van der Waals surface area (Å²) in [4.78, 5) is 8.32. The first-order valence-corrected chi connectivity index (χ1v) is 8.51. The summed E-state index contributed by atoms with van der Waals surface area (Å²) in [5.74, 6) is 0.313. The van der Waals surface area contributed by atoms with Gasteiger partial charge in [0.2, 0.25) is 0 Å². The molecule has 0 spiro atoms. The molecular weight excluding hydrogens is 310 g/mol. The molecule has 0 amide bonds. The predicted molar refractivity (Wildman–Crippen MR) is 80.9 cm³/mol. The molecule has 21 heavy (non-hydrogen) atoms. The van der Waals surface area contributed by atoms with Crippen LogP contribution in [0, 0.1) is 0 Å². The number of nitrogens with one attached hydrogen (secondary N) is 2. The van der Waals surface area contributed by atoms with Crippen LogP contribution in [0.3, 0.4) is 0 Å². The third-order valence-corrected chi connectivity index (χ3v) is 5.08. The van der Waals surface area contributed by atoms with Crippen molar-refractivity contribution in [3.05, 3.63) is 41.0 Å². The summed E-state index contributed by atoms with van der Waals surface area (Å²) in [5.41, 5.74) is 0.566. The predicted octanol–water partition coefficient (Wildman–Crippen LogP) is 1.31. The van der Waals surface area contributed by atoms with E-state index in [1.807, 2.05) is 0 Å². The van der Waals surface area contributed by atoms with Crippen LogP contribution < -0.4 is 10.0 Å². The molecule has 0 radical (unpaired) electrons. The monoisotopic (exact) mass is 323 g/mol. The van der Waals surface area contributed by atoms with Gasteiger partial charge >= 0.3 is 0 Å². The Hall–Kier alpha value is -1.97. The van der Waals surface area contributed by atoms with E-state index in [1.165, 1.54) is 15.7 Å². The summed E-state index contributed by atoms with van der Waals surface area (Å²) in [6.07, 6.45) is 3.31. The van der Waals surface area contributed by atoms with E-state index in [9.17, 15) is 8.42 Å². The molecule has 3 aromatic rings. The minimum Gasteiger partial charge on any atom is -0.371 e. The van der Waals surface area contributed by atoms with Crippen molar-refractivity contribution in [2.75, 3.05) is 12.4 Å². The molecule has 0 aromatic carbocycles. The van der Waals surface area contributed by atoms with Crippen LogP contribution in [0.25, 0.3) is 5.65 Å². The maximum absolute atomic E-state index is 12.5. The summed E-state index contributed by atoms with van der Waals surface area (Å²) in [5, 5.41) is 5.42. The van der Waals surface area contributed by atoms with Crippen molar-refractivity contribution in [2.24, 2.45) is 0 Å². The Labute approximate surface area is 125 Å². The lowest BCUT2D eigenvalue weighted by atomic mass is 10.5. The maximum atomic E-state index is 12.5. The number of nitrogens with zero attached hydrogens (tertiary/aromatic N) is 3. The lowest BCUT2D eigenvalue weighted by Gasteiger charge is -2.07. The van der Waals surface area contributed by atoms with Gasteiger partial charge in [-0.2, -0.15) is 0 Å². The molecule has 0 aliphatic carbocycles. The van der Waals surface area contributed by atoms with Crippen LogP contribution in [-0.2, 0) is 16.6 Å². The number of imidazole rings is 1. The number of rotatable bonds is 5.